The smallest absolute Gasteiger partial charge is 0.394 e. The molecule has 0 aliphatic rings. The van der Waals surface area contributed by atoms with Crippen molar-refractivity contribution in [3.05, 3.63) is 41.7 Å². The minimum Gasteiger partial charge on any atom is -0.394 e. The van der Waals surface area contributed by atoms with Crippen molar-refractivity contribution in [2.75, 3.05) is 17.5 Å². The Morgan fingerprint density at radius 1 is 1.23 bits per heavy atom. The van der Waals surface area contributed by atoms with Crippen LogP contribution in [0.2, 0.25) is 0 Å². The second kappa shape index (κ2) is 6.53. The molecule has 1 N–H and O–H groups in total. The van der Waals surface area contributed by atoms with Crippen LogP contribution in [0.5, 0.6) is 0 Å². The highest BCUT2D eigenvalue weighted by Crippen LogP contribution is 2.32. The fourth-order valence-corrected chi connectivity index (χ4v) is 2.09. The zero-order chi connectivity index (χ0) is 16.3. The molecular weight excluding hydrogens is 315 g/mol. The van der Waals surface area contributed by atoms with Gasteiger partial charge in [-0.3, -0.25) is 0 Å². The molecule has 0 radical (unpaired) electrons. The number of alkyl halides is 3. The van der Waals surface area contributed by atoms with E-state index in [2.05, 4.69) is 22.8 Å². The van der Waals surface area contributed by atoms with Gasteiger partial charge < -0.3 is 9.41 Å². The zero-order valence-electron chi connectivity index (χ0n) is 11.7. The fourth-order valence-electron chi connectivity index (χ4n) is 1.90. The van der Waals surface area contributed by atoms with Crippen LogP contribution in [0.1, 0.15) is 11.4 Å². The average Bonchev–Trinajstić information content (AvgIpc) is 2.46. The lowest BCUT2D eigenvalue weighted by molar-refractivity contribution is -0.137. The Labute approximate surface area is 131 Å². The van der Waals surface area contributed by atoms with Gasteiger partial charge in [0.2, 0.25) is 0 Å². The summed E-state index contributed by atoms with van der Waals surface area (Å²) in [7, 11) is 0. The van der Waals surface area contributed by atoms with E-state index < -0.39 is 11.7 Å². The summed E-state index contributed by atoms with van der Waals surface area (Å²) in [6, 6.07) is 6.47. The van der Waals surface area contributed by atoms with Crippen molar-refractivity contribution in [3.8, 4) is 11.3 Å². The van der Waals surface area contributed by atoms with Crippen LogP contribution in [0.4, 0.5) is 19.0 Å². The standard InChI is InChI=1S/C14H14F3N3OS/c1-9-18-12(8-13(19-9)20(22)5-6-21)10-3-2-4-11(7-10)14(15,16)17/h2-4,7-8,21-22H,5-6H2,1H3. The van der Waals surface area contributed by atoms with E-state index in [1.807, 2.05) is 0 Å². The number of hydrogen-bond donors (Lipinski definition) is 2. The van der Waals surface area contributed by atoms with Gasteiger partial charge in [-0.25, -0.2) is 9.97 Å². The molecule has 4 nitrogen and oxygen atoms in total. The number of aryl methyl sites for hydroxylation is 1. The molecule has 0 saturated carbocycles. The molecule has 8 heteroatoms. The number of benzene rings is 1. The number of aromatic nitrogens is 2. The maximum absolute atomic E-state index is 12.8. The molecule has 0 fully saturated rings. The minimum absolute atomic E-state index is 0.120. The Kier molecular flexibility index (Phi) is 4.92. The van der Waals surface area contributed by atoms with E-state index in [-0.39, 0.29) is 13.2 Å². The lowest BCUT2D eigenvalue weighted by Crippen LogP contribution is -2.17. The maximum Gasteiger partial charge on any atom is 0.416 e. The summed E-state index contributed by atoms with van der Waals surface area (Å²) in [5.41, 5.74) is -0.0289. The number of thiol groups is 1. The monoisotopic (exact) mass is 329 g/mol. The molecule has 118 valence electrons. The van der Waals surface area contributed by atoms with Gasteiger partial charge in [-0.15, -0.1) is 0 Å². The Bertz CT molecular complexity index is 664. The molecule has 1 aromatic heterocycles. The van der Waals surface area contributed by atoms with Gasteiger partial charge in [0.1, 0.15) is 11.6 Å². The lowest BCUT2D eigenvalue weighted by atomic mass is 10.1. The van der Waals surface area contributed by atoms with Crippen LogP contribution in [0, 0.1) is 6.92 Å². The molecule has 1 heterocycles. The highest BCUT2D eigenvalue weighted by Gasteiger charge is 2.30. The van der Waals surface area contributed by atoms with Crippen LogP contribution in [-0.2, 0) is 6.18 Å². The summed E-state index contributed by atoms with van der Waals surface area (Å²) in [6.07, 6.45) is -4.41. The third-order valence-electron chi connectivity index (χ3n) is 2.89. The Morgan fingerprint density at radius 2 is 1.95 bits per heavy atom. The summed E-state index contributed by atoms with van der Waals surface area (Å²) >= 11 is 4.18. The van der Waals surface area contributed by atoms with Crippen molar-refractivity contribution in [2.45, 2.75) is 13.1 Å². The predicted molar refractivity (Wildman–Crippen MR) is 80.6 cm³/mol. The van der Waals surface area contributed by atoms with E-state index in [0.717, 1.165) is 12.1 Å². The van der Waals surface area contributed by atoms with Gasteiger partial charge in [0.15, 0.2) is 0 Å². The molecule has 0 aliphatic carbocycles. The zero-order valence-corrected chi connectivity index (χ0v) is 12.6. The molecule has 0 atom stereocenters. The predicted octanol–water partition coefficient (Wildman–Crippen LogP) is 3.11. The van der Waals surface area contributed by atoms with Crippen LogP contribution >= 0.6 is 12.8 Å². The molecule has 0 amide bonds. The van der Waals surface area contributed by atoms with Crippen molar-refractivity contribution in [3.63, 3.8) is 0 Å². The van der Waals surface area contributed by atoms with Crippen molar-refractivity contribution < 1.29 is 18.3 Å². The molecule has 2 rings (SSSR count). The fraction of sp³-hybridized carbons (Fsp3) is 0.286. The molecule has 2 aromatic rings. The number of halogens is 3. The first-order chi connectivity index (χ1) is 10.3. The topological polar surface area (TPSA) is 49.2 Å². The van der Waals surface area contributed by atoms with Crippen LogP contribution in [0.3, 0.4) is 0 Å². The molecule has 22 heavy (non-hydrogen) atoms. The summed E-state index contributed by atoms with van der Waals surface area (Å²) in [6.45, 7) is 1.76. The van der Waals surface area contributed by atoms with E-state index in [4.69, 9.17) is 5.11 Å². The molecule has 0 aliphatic heterocycles. The normalized spacial score (nSPS) is 11.5. The number of aliphatic hydroxyl groups excluding tert-OH is 1. The maximum atomic E-state index is 12.8. The summed E-state index contributed by atoms with van der Waals surface area (Å²) in [4.78, 5) is 8.32. The van der Waals surface area contributed by atoms with Crippen LogP contribution in [0.15, 0.2) is 30.3 Å². The third kappa shape index (κ3) is 3.89. The van der Waals surface area contributed by atoms with Crippen molar-refractivity contribution >= 4 is 18.6 Å². The lowest BCUT2D eigenvalue weighted by Gasteiger charge is -2.16. The van der Waals surface area contributed by atoms with Gasteiger partial charge >= 0.3 is 6.18 Å². The van der Waals surface area contributed by atoms with Gasteiger partial charge in [0.25, 0.3) is 0 Å². The highest BCUT2D eigenvalue weighted by molar-refractivity contribution is 7.81. The first-order valence-corrected chi connectivity index (χ1v) is 6.82. The highest BCUT2D eigenvalue weighted by atomic mass is 32.1. The van der Waals surface area contributed by atoms with Gasteiger partial charge in [-0.1, -0.05) is 24.9 Å². The van der Waals surface area contributed by atoms with Crippen molar-refractivity contribution in [1.29, 1.82) is 0 Å². The van der Waals surface area contributed by atoms with Gasteiger partial charge in [-0.2, -0.15) is 13.2 Å². The molecule has 0 spiro atoms. The number of nitrogens with zero attached hydrogens (tertiary/aromatic N) is 3. The average molecular weight is 329 g/mol. The van der Waals surface area contributed by atoms with E-state index in [9.17, 15) is 13.2 Å². The van der Waals surface area contributed by atoms with Gasteiger partial charge in [0, 0.05) is 11.6 Å². The molecule has 0 saturated heterocycles. The second-order valence-electron chi connectivity index (χ2n) is 4.58. The van der Waals surface area contributed by atoms with Crippen LogP contribution in [0.25, 0.3) is 11.3 Å². The first-order valence-electron chi connectivity index (χ1n) is 6.42. The Balaban J connectivity index is 2.45. The van der Waals surface area contributed by atoms with Gasteiger partial charge in [0.05, 0.1) is 24.4 Å². The first kappa shape index (κ1) is 16.6. The van der Waals surface area contributed by atoms with Crippen molar-refractivity contribution in [2.24, 2.45) is 0 Å². The number of hydrogen-bond acceptors (Lipinski definition) is 5. The minimum atomic E-state index is -4.41. The summed E-state index contributed by atoms with van der Waals surface area (Å²) in [5.74, 6) is 0.819. The Morgan fingerprint density at radius 3 is 2.59 bits per heavy atom. The summed E-state index contributed by atoms with van der Waals surface area (Å²) in [5, 5.41) is 8.92. The number of rotatable bonds is 4. The molecular formula is C14H14F3N3OS. The second-order valence-corrected chi connectivity index (χ2v) is 5.07. The van der Waals surface area contributed by atoms with E-state index in [1.165, 1.54) is 16.4 Å². The van der Waals surface area contributed by atoms with Crippen molar-refractivity contribution in [1.82, 2.24) is 9.97 Å². The number of aliphatic hydroxyl groups is 1. The molecule has 1 aromatic carbocycles. The summed E-state index contributed by atoms with van der Waals surface area (Å²) < 4.78 is 39.8. The molecule has 0 unspecified atom stereocenters. The number of anilines is 1. The van der Waals surface area contributed by atoms with Gasteiger partial charge in [-0.05, 0) is 19.1 Å². The van der Waals surface area contributed by atoms with Crippen LogP contribution in [-0.4, -0.2) is 28.2 Å². The SMILES string of the molecule is Cc1nc(-c2cccc(C(F)(F)F)c2)cc(N(S)CCO)n1. The van der Waals surface area contributed by atoms with E-state index in [1.54, 1.807) is 13.0 Å². The van der Waals surface area contributed by atoms with Crippen LogP contribution < -0.4 is 4.31 Å². The third-order valence-corrected chi connectivity index (χ3v) is 3.29. The Hall–Kier alpha value is -1.80. The largest absolute Gasteiger partial charge is 0.416 e. The molecule has 0 bridgehead atoms. The van der Waals surface area contributed by atoms with E-state index in [0.29, 0.717) is 22.9 Å². The van der Waals surface area contributed by atoms with E-state index >= 15 is 0 Å². The quantitative estimate of drug-likeness (QED) is 0.846.